The summed E-state index contributed by atoms with van der Waals surface area (Å²) in [5.41, 5.74) is 1.17. The number of sulfonamides is 1. The molecule has 6 nitrogen and oxygen atoms in total. The fourth-order valence-electron chi connectivity index (χ4n) is 3.13. The van der Waals surface area contributed by atoms with Crippen LogP contribution in [0.5, 0.6) is 0 Å². The molecule has 24 heavy (non-hydrogen) atoms. The fraction of sp³-hybridized carbons (Fsp3) is 0.471. The van der Waals surface area contributed by atoms with E-state index in [1.807, 2.05) is 12.1 Å². The van der Waals surface area contributed by atoms with Gasteiger partial charge in [0.1, 0.15) is 5.76 Å². The van der Waals surface area contributed by atoms with Crippen LogP contribution in [0.4, 0.5) is 0 Å². The maximum absolute atomic E-state index is 11.3. The van der Waals surface area contributed by atoms with Gasteiger partial charge in [-0.3, -0.25) is 4.90 Å². The minimum atomic E-state index is -3.62. The van der Waals surface area contributed by atoms with Gasteiger partial charge in [-0.05, 0) is 49.5 Å². The van der Waals surface area contributed by atoms with Gasteiger partial charge in [0.15, 0.2) is 0 Å². The Balaban J connectivity index is 1.56. The molecule has 0 unspecified atom stereocenters. The highest BCUT2D eigenvalue weighted by Crippen LogP contribution is 2.29. The Kier molecular flexibility index (Phi) is 5.03. The molecular weight excluding hydrogens is 326 g/mol. The average molecular weight is 349 g/mol. The molecule has 7 heteroatoms. The van der Waals surface area contributed by atoms with Crippen LogP contribution in [0.3, 0.4) is 0 Å². The first kappa shape index (κ1) is 17.1. The molecule has 1 aromatic heterocycles. The summed E-state index contributed by atoms with van der Waals surface area (Å²) in [6.45, 7) is 4.75. The maximum Gasteiger partial charge on any atom is 0.238 e. The van der Waals surface area contributed by atoms with Crippen molar-refractivity contribution in [3.8, 4) is 0 Å². The second kappa shape index (κ2) is 7.04. The van der Waals surface area contributed by atoms with Crippen LogP contribution in [0, 0.1) is 0 Å². The molecule has 0 atom stereocenters. The van der Waals surface area contributed by atoms with E-state index in [9.17, 15) is 8.42 Å². The van der Waals surface area contributed by atoms with E-state index >= 15 is 0 Å². The molecule has 0 spiro atoms. The number of aryl methyl sites for hydroxylation is 1. The van der Waals surface area contributed by atoms with Crippen LogP contribution in [-0.2, 0) is 23.0 Å². The van der Waals surface area contributed by atoms with E-state index in [1.54, 1.807) is 18.3 Å². The molecule has 130 valence electrons. The summed E-state index contributed by atoms with van der Waals surface area (Å²) in [6, 6.07) is 6.94. The lowest BCUT2D eigenvalue weighted by molar-refractivity contribution is 0.186. The zero-order chi connectivity index (χ0) is 17.2. The summed E-state index contributed by atoms with van der Waals surface area (Å²) in [7, 11) is -3.62. The summed E-state index contributed by atoms with van der Waals surface area (Å²) in [5, 5.41) is 5.14. The van der Waals surface area contributed by atoms with E-state index in [0.29, 0.717) is 5.92 Å². The van der Waals surface area contributed by atoms with E-state index < -0.39 is 10.0 Å². The van der Waals surface area contributed by atoms with E-state index in [1.165, 1.54) is 5.56 Å². The number of hydrogen-bond donors (Lipinski definition) is 1. The van der Waals surface area contributed by atoms with Gasteiger partial charge in [0.25, 0.3) is 0 Å². The Bertz CT molecular complexity index is 776. The first-order chi connectivity index (χ1) is 11.5. The second-order valence-corrected chi connectivity index (χ2v) is 7.80. The van der Waals surface area contributed by atoms with E-state index in [-0.39, 0.29) is 4.90 Å². The van der Waals surface area contributed by atoms with Crippen molar-refractivity contribution in [1.82, 2.24) is 9.88 Å². The third-order valence-corrected chi connectivity index (χ3v) is 5.51. The molecule has 2 aromatic rings. The lowest BCUT2D eigenvalue weighted by Crippen LogP contribution is -2.32. The number of nitrogens with two attached hydrogens (primary N) is 1. The summed E-state index contributed by atoms with van der Waals surface area (Å²) >= 11 is 0. The van der Waals surface area contributed by atoms with Gasteiger partial charge in [0.05, 0.1) is 17.6 Å². The molecular formula is C17H23N3O3S. The zero-order valence-electron chi connectivity index (χ0n) is 13.8. The van der Waals surface area contributed by atoms with Crippen molar-refractivity contribution in [3.05, 3.63) is 47.7 Å². The van der Waals surface area contributed by atoms with Crippen molar-refractivity contribution < 1.29 is 12.8 Å². The zero-order valence-corrected chi connectivity index (χ0v) is 14.6. The number of likely N-dealkylation sites (tertiary alicyclic amines) is 1. The van der Waals surface area contributed by atoms with Crippen LogP contribution in [0.2, 0.25) is 0 Å². The monoisotopic (exact) mass is 349 g/mol. The molecule has 1 aromatic carbocycles. The minimum Gasteiger partial charge on any atom is -0.444 e. The third-order valence-electron chi connectivity index (χ3n) is 4.58. The molecule has 2 N–H and O–H groups in total. The second-order valence-electron chi connectivity index (χ2n) is 6.24. The number of primary sulfonamides is 1. The predicted molar refractivity (Wildman–Crippen MR) is 90.9 cm³/mol. The Labute approximate surface area is 142 Å². The van der Waals surface area contributed by atoms with Crippen LogP contribution in [-0.4, -0.2) is 31.4 Å². The van der Waals surface area contributed by atoms with Gasteiger partial charge in [-0.25, -0.2) is 18.5 Å². The molecule has 0 radical (unpaired) electrons. The number of piperidine rings is 1. The maximum atomic E-state index is 11.3. The Morgan fingerprint density at radius 2 is 1.92 bits per heavy atom. The van der Waals surface area contributed by atoms with Crippen molar-refractivity contribution in [1.29, 1.82) is 0 Å². The van der Waals surface area contributed by atoms with E-state index in [4.69, 9.17) is 9.56 Å². The molecule has 1 aliphatic heterocycles. The summed E-state index contributed by atoms with van der Waals surface area (Å²) in [4.78, 5) is 6.83. The lowest BCUT2D eigenvalue weighted by atomic mass is 9.89. The molecule has 0 amide bonds. The number of aromatic nitrogens is 1. The molecule has 2 heterocycles. The highest BCUT2D eigenvalue weighted by Gasteiger charge is 2.22. The minimum absolute atomic E-state index is 0.166. The van der Waals surface area contributed by atoms with Gasteiger partial charge in [-0.2, -0.15) is 0 Å². The molecule has 1 saturated heterocycles. The number of benzene rings is 1. The normalized spacial score (nSPS) is 17.2. The summed E-state index contributed by atoms with van der Waals surface area (Å²) in [6.07, 6.45) is 4.74. The number of hydrogen-bond acceptors (Lipinski definition) is 5. The Hall–Kier alpha value is -1.70. The van der Waals surface area contributed by atoms with Gasteiger partial charge in [-0.15, -0.1) is 0 Å². The third kappa shape index (κ3) is 4.03. The molecule has 3 rings (SSSR count). The molecule has 0 saturated carbocycles. The van der Waals surface area contributed by atoms with Crippen molar-refractivity contribution in [2.75, 3.05) is 13.1 Å². The summed E-state index contributed by atoms with van der Waals surface area (Å²) < 4.78 is 28.3. The van der Waals surface area contributed by atoms with Gasteiger partial charge < -0.3 is 4.42 Å². The lowest BCUT2D eigenvalue weighted by Gasteiger charge is -2.31. The van der Waals surface area contributed by atoms with Crippen molar-refractivity contribution in [2.45, 2.75) is 43.5 Å². The first-order valence-corrected chi connectivity index (χ1v) is 9.79. The van der Waals surface area contributed by atoms with E-state index in [2.05, 4.69) is 16.8 Å². The average Bonchev–Trinajstić information content (AvgIpc) is 3.02. The smallest absolute Gasteiger partial charge is 0.238 e. The predicted octanol–water partition coefficient (Wildman–Crippen LogP) is 2.26. The number of nitrogens with zero attached hydrogens (tertiary/aromatic N) is 2. The Morgan fingerprint density at radius 3 is 2.46 bits per heavy atom. The topological polar surface area (TPSA) is 89.4 Å². The standard InChI is InChI=1S/C17H23N3O3S/c1-2-15-11-19-17(23-15)12-20-9-7-14(8-10-20)13-3-5-16(6-4-13)24(18,21)22/h3-6,11,14H,2,7-10,12H2,1H3,(H2,18,21,22). The van der Waals surface area contributed by atoms with Crippen molar-refractivity contribution >= 4 is 10.0 Å². The molecule has 0 aliphatic carbocycles. The van der Waals surface area contributed by atoms with Crippen LogP contribution < -0.4 is 5.14 Å². The molecule has 0 bridgehead atoms. The van der Waals surface area contributed by atoms with E-state index in [0.717, 1.165) is 50.5 Å². The van der Waals surface area contributed by atoms with Crippen LogP contribution in [0.15, 0.2) is 39.8 Å². The fourth-order valence-corrected chi connectivity index (χ4v) is 3.65. The largest absolute Gasteiger partial charge is 0.444 e. The van der Waals surface area contributed by atoms with Gasteiger partial charge in [0, 0.05) is 6.42 Å². The van der Waals surface area contributed by atoms with Crippen LogP contribution >= 0.6 is 0 Å². The molecule has 1 fully saturated rings. The quantitative estimate of drug-likeness (QED) is 0.894. The number of rotatable bonds is 5. The Morgan fingerprint density at radius 1 is 1.25 bits per heavy atom. The molecule has 1 aliphatic rings. The SMILES string of the molecule is CCc1cnc(CN2CCC(c3ccc(S(N)(=O)=O)cc3)CC2)o1. The van der Waals surface area contributed by atoms with Gasteiger partial charge in [0.2, 0.25) is 15.9 Å². The number of oxazole rings is 1. The highest BCUT2D eigenvalue weighted by molar-refractivity contribution is 7.89. The highest BCUT2D eigenvalue weighted by atomic mass is 32.2. The van der Waals surface area contributed by atoms with Crippen molar-refractivity contribution in [3.63, 3.8) is 0 Å². The van der Waals surface area contributed by atoms with Crippen LogP contribution in [0.1, 0.15) is 42.9 Å². The summed E-state index contributed by atoms with van der Waals surface area (Å²) in [5.74, 6) is 2.16. The van der Waals surface area contributed by atoms with Crippen LogP contribution in [0.25, 0.3) is 0 Å². The van der Waals surface area contributed by atoms with Gasteiger partial charge in [-0.1, -0.05) is 19.1 Å². The van der Waals surface area contributed by atoms with Gasteiger partial charge >= 0.3 is 0 Å². The van der Waals surface area contributed by atoms with Crippen molar-refractivity contribution in [2.24, 2.45) is 5.14 Å². The first-order valence-electron chi connectivity index (χ1n) is 8.24.